The zero-order chi connectivity index (χ0) is 38.5. The summed E-state index contributed by atoms with van der Waals surface area (Å²) in [5.74, 6) is -0.487. The van der Waals surface area contributed by atoms with Crippen molar-refractivity contribution < 1.29 is 58.3 Å². The van der Waals surface area contributed by atoms with Crippen molar-refractivity contribution in [3.8, 4) is 0 Å². The van der Waals surface area contributed by atoms with E-state index in [2.05, 4.69) is 38.2 Å². The van der Waals surface area contributed by atoms with Crippen LogP contribution in [0, 0.1) is 0 Å². The van der Waals surface area contributed by atoms with Crippen LogP contribution in [0.2, 0.25) is 0 Å². The lowest BCUT2D eigenvalue weighted by molar-refractivity contribution is -0.220. The molecular formula is C39H73O12P. The van der Waals surface area contributed by atoms with Crippen LogP contribution in [0.25, 0.3) is 0 Å². The number of carbonyl (C=O) groups excluding carboxylic acids is 1. The number of hydrogen-bond donors (Lipinski definition) is 6. The molecule has 0 aromatic heterocycles. The van der Waals surface area contributed by atoms with Gasteiger partial charge in [-0.05, 0) is 44.9 Å². The first-order chi connectivity index (χ1) is 25.0. The molecule has 6 atom stereocenters. The monoisotopic (exact) mass is 764 g/mol. The average Bonchev–Trinajstić information content (AvgIpc) is 3.12. The van der Waals surface area contributed by atoms with Crippen LogP contribution in [0.3, 0.4) is 0 Å². The number of allylic oxidation sites excluding steroid dienone is 4. The number of hydrogen-bond acceptors (Lipinski definition) is 11. The Labute approximate surface area is 313 Å². The smallest absolute Gasteiger partial charge is 0.457 e. The minimum atomic E-state index is -5.00. The minimum Gasteiger partial charge on any atom is -0.457 e. The highest BCUT2D eigenvalue weighted by molar-refractivity contribution is 7.47. The van der Waals surface area contributed by atoms with Gasteiger partial charge in [-0.25, -0.2) is 4.57 Å². The predicted molar refractivity (Wildman–Crippen MR) is 203 cm³/mol. The van der Waals surface area contributed by atoms with Gasteiger partial charge in [0.2, 0.25) is 0 Å². The van der Waals surface area contributed by atoms with E-state index < -0.39 is 63.1 Å². The second kappa shape index (κ2) is 31.1. The number of aliphatic hydroxyl groups is 5. The van der Waals surface area contributed by atoms with E-state index in [0.29, 0.717) is 13.0 Å². The van der Waals surface area contributed by atoms with Crippen LogP contribution >= 0.6 is 7.82 Å². The van der Waals surface area contributed by atoms with E-state index in [1.807, 2.05) is 0 Å². The number of carbonyl (C=O) groups is 1. The van der Waals surface area contributed by atoms with Gasteiger partial charge >= 0.3 is 13.8 Å². The van der Waals surface area contributed by atoms with Crippen LogP contribution in [0.4, 0.5) is 0 Å². The molecule has 0 bridgehead atoms. The minimum absolute atomic E-state index is 0.0786. The summed E-state index contributed by atoms with van der Waals surface area (Å²) in [7, 11) is -5.00. The molecule has 1 aliphatic rings. The Hall–Kier alpha value is -1.18. The summed E-state index contributed by atoms with van der Waals surface area (Å²) in [6.07, 6.45) is 20.0. The Bertz CT molecular complexity index is 963. The maximum atomic E-state index is 12.7. The second-order valence-electron chi connectivity index (χ2n) is 14.1. The average molecular weight is 765 g/mol. The first-order valence-electron chi connectivity index (χ1n) is 20.2. The third-order valence-corrected chi connectivity index (χ3v) is 10.3. The molecule has 1 fully saturated rings. The number of esters is 1. The summed E-state index contributed by atoms with van der Waals surface area (Å²) < 4.78 is 33.9. The number of aliphatic hydroxyl groups excluding tert-OH is 5. The van der Waals surface area contributed by atoms with Crippen molar-refractivity contribution in [3.05, 3.63) is 24.3 Å². The Kier molecular flexibility index (Phi) is 29.2. The van der Waals surface area contributed by atoms with Crippen LogP contribution < -0.4 is 0 Å². The molecule has 0 spiro atoms. The van der Waals surface area contributed by atoms with E-state index >= 15 is 0 Å². The molecule has 0 aromatic rings. The largest absolute Gasteiger partial charge is 0.472 e. The lowest BCUT2D eigenvalue weighted by Gasteiger charge is -2.41. The van der Waals surface area contributed by atoms with Crippen molar-refractivity contribution in [1.82, 2.24) is 0 Å². The van der Waals surface area contributed by atoms with Crippen LogP contribution in [-0.4, -0.2) is 98.9 Å². The first-order valence-corrected chi connectivity index (χ1v) is 21.7. The molecule has 1 rings (SSSR count). The molecule has 52 heavy (non-hydrogen) atoms. The summed E-state index contributed by atoms with van der Waals surface area (Å²) in [6.45, 7) is 4.14. The lowest BCUT2D eigenvalue weighted by Crippen LogP contribution is -2.64. The number of phosphoric ester groups is 1. The second-order valence-corrected chi connectivity index (χ2v) is 15.5. The van der Waals surface area contributed by atoms with Gasteiger partial charge in [-0.3, -0.25) is 13.8 Å². The van der Waals surface area contributed by atoms with Gasteiger partial charge in [-0.15, -0.1) is 0 Å². The highest BCUT2D eigenvalue weighted by atomic mass is 31.2. The summed E-state index contributed by atoms with van der Waals surface area (Å²) in [5, 5.41) is 49.9. The fourth-order valence-corrected chi connectivity index (χ4v) is 7.00. The molecule has 1 saturated carbocycles. The topological polar surface area (TPSA) is 192 Å². The van der Waals surface area contributed by atoms with Gasteiger partial charge in [0.15, 0.2) is 0 Å². The van der Waals surface area contributed by atoms with Gasteiger partial charge in [-0.2, -0.15) is 0 Å². The van der Waals surface area contributed by atoms with Crippen LogP contribution in [0.1, 0.15) is 155 Å². The molecule has 13 heteroatoms. The van der Waals surface area contributed by atoms with E-state index in [9.17, 15) is 39.8 Å². The lowest BCUT2D eigenvalue weighted by atomic mass is 9.85. The molecule has 6 N–H and O–H groups in total. The molecule has 306 valence electrons. The molecule has 0 heterocycles. The zero-order valence-corrected chi connectivity index (χ0v) is 33.0. The van der Waals surface area contributed by atoms with E-state index in [0.717, 1.165) is 64.2 Å². The van der Waals surface area contributed by atoms with Gasteiger partial charge in [-0.1, -0.05) is 128 Å². The van der Waals surface area contributed by atoms with Crippen LogP contribution in [0.15, 0.2) is 24.3 Å². The summed E-state index contributed by atoms with van der Waals surface area (Å²) >= 11 is 0. The molecule has 0 saturated heterocycles. The Balaban J connectivity index is 2.38. The predicted octanol–water partition coefficient (Wildman–Crippen LogP) is 6.97. The normalized spacial score (nSPS) is 24.1. The molecule has 0 aliphatic heterocycles. The van der Waals surface area contributed by atoms with E-state index in [1.165, 1.54) is 64.2 Å². The van der Waals surface area contributed by atoms with E-state index in [1.54, 1.807) is 0 Å². The molecule has 0 aromatic carbocycles. The van der Waals surface area contributed by atoms with E-state index in [4.69, 9.17) is 18.5 Å². The van der Waals surface area contributed by atoms with Crippen molar-refractivity contribution in [3.63, 3.8) is 0 Å². The summed E-state index contributed by atoms with van der Waals surface area (Å²) in [5.41, 5.74) is 0. The molecule has 6 unspecified atom stereocenters. The third kappa shape index (κ3) is 23.6. The van der Waals surface area contributed by atoms with Crippen molar-refractivity contribution in [2.75, 3.05) is 19.8 Å². The SMILES string of the molecule is CCCCC/C=C\C/C=C\CCCCCCCCCCOCC(COP(=O)(O)OC1C(O)C(O)C(O)C(O)C1O)OC(=O)CCCCCCCCC. The highest BCUT2D eigenvalue weighted by Gasteiger charge is 2.51. The van der Waals surface area contributed by atoms with Crippen LogP contribution in [-0.2, 0) is 27.9 Å². The summed E-state index contributed by atoms with van der Waals surface area (Å²) in [4.78, 5) is 22.9. The summed E-state index contributed by atoms with van der Waals surface area (Å²) in [6, 6.07) is 0. The fraction of sp³-hybridized carbons (Fsp3) is 0.872. The Morgan fingerprint density at radius 2 is 1.08 bits per heavy atom. The molecule has 1 aliphatic carbocycles. The molecule has 0 amide bonds. The quantitative estimate of drug-likeness (QED) is 0.0174. The number of phosphoric acid groups is 1. The first kappa shape index (κ1) is 48.8. The molecule has 12 nitrogen and oxygen atoms in total. The Morgan fingerprint density at radius 3 is 1.65 bits per heavy atom. The number of unbranched alkanes of at least 4 members (excludes halogenated alkanes) is 17. The number of ether oxygens (including phenoxy) is 2. The molecule has 0 radical (unpaired) electrons. The highest BCUT2D eigenvalue weighted by Crippen LogP contribution is 2.47. The maximum Gasteiger partial charge on any atom is 0.472 e. The Morgan fingerprint density at radius 1 is 0.615 bits per heavy atom. The number of rotatable bonds is 33. The zero-order valence-electron chi connectivity index (χ0n) is 32.1. The van der Waals surface area contributed by atoms with Crippen molar-refractivity contribution in [2.24, 2.45) is 0 Å². The van der Waals surface area contributed by atoms with Crippen molar-refractivity contribution >= 4 is 13.8 Å². The van der Waals surface area contributed by atoms with Gasteiger partial charge in [0.05, 0.1) is 13.2 Å². The van der Waals surface area contributed by atoms with Crippen molar-refractivity contribution in [2.45, 2.75) is 198 Å². The maximum absolute atomic E-state index is 12.7. The van der Waals surface area contributed by atoms with Gasteiger partial charge in [0, 0.05) is 13.0 Å². The van der Waals surface area contributed by atoms with Gasteiger partial charge in [0.1, 0.15) is 42.7 Å². The van der Waals surface area contributed by atoms with Gasteiger partial charge < -0.3 is 39.9 Å². The third-order valence-electron chi connectivity index (χ3n) is 9.33. The van der Waals surface area contributed by atoms with Crippen LogP contribution in [0.5, 0.6) is 0 Å². The fourth-order valence-electron chi connectivity index (χ4n) is 6.03. The van der Waals surface area contributed by atoms with Gasteiger partial charge in [0.25, 0.3) is 0 Å². The standard InChI is InChI=1S/C39H73O12P/c1-3-5-7-9-11-12-13-14-15-16-17-18-19-20-21-23-25-27-29-48-30-32(50-33(40)28-26-24-22-10-8-6-4-2)31-49-52(46,47)51-39-37(44)35(42)34(41)36(43)38(39)45/h11-12,14-15,32,34-39,41-45H,3-10,13,16-31H2,1-2H3,(H,46,47)/b12-11-,15-14-. The molecular weight excluding hydrogens is 691 g/mol. The van der Waals surface area contributed by atoms with E-state index in [-0.39, 0.29) is 13.0 Å². The van der Waals surface area contributed by atoms with Crippen molar-refractivity contribution in [1.29, 1.82) is 0 Å².